The van der Waals surface area contributed by atoms with E-state index >= 15 is 0 Å². The van der Waals surface area contributed by atoms with Crippen molar-refractivity contribution in [3.8, 4) is 0 Å². The Bertz CT molecular complexity index is 447. The van der Waals surface area contributed by atoms with Gasteiger partial charge in [-0.25, -0.2) is 0 Å². The number of hydrogen-bond acceptors (Lipinski definition) is 6. The molecule has 1 amide bonds. The third kappa shape index (κ3) is 4.92. The number of carbonyl (C=O) groups is 1. The van der Waals surface area contributed by atoms with Crippen LogP contribution in [0.25, 0.3) is 0 Å². The van der Waals surface area contributed by atoms with Crippen molar-refractivity contribution in [3.63, 3.8) is 0 Å². The van der Waals surface area contributed by atoms with Crippen molar-refractivity contribution in [2.24, 2.45) is 0 Å². The van der Waals surface area contributed by atoms with Crippen molar-refractivity contribution in [2.75, 3.05) is 18.6 Å². The molecule has 0 atom stereocenters. The van der Waals surface area contributed by atoms with Crippen LogP contribution in [0.15, 0.2) is 9.64 Å². The van der Waals surface area contributed by atoms with E-state index in [2.05, 4.69) is 17.1 Å². The van der Waals surface area contributed by atoms with Crippen LogP contribution in [0.2, 0.25) is 0 Å². The minimum Gasteiger partial charge on any atom is -0.415 e. The Morgan fingerprint density at radius 2 is 2.10 bits per heavy atom. The largest absolute Gasteiger partial charge is 0.415 e. The second-order valence-corrected chi connectivity index (χ2v) is 6.95. The summed E-state index contributed by atoms with van der Waals surface area (Å²) in [6.45, 7) is 2.84. The minimum atomic E-state index is 0.180. The van der Waals surface area contributed by atoms with Crippen LogP contribution >= 0.6 is 23.5 Å². The van der Waals surface area contributed by atoms with Crippen LogP contribution in [-0.4, -0.2) is 45.6 Å². The second kappa shape index (κ2) is 8.68. The number of rotatable bonds is 7. The van der Waals surface area contributed by atoms with Gasteiger partial charge in [0.2, 0.25) is 11.8 Å². The van der Waals surface area contributed by atoms with E-state index in [1.165, 1.54) is 31.0 Å². The first-order valence-electron chi connectivity index (χ1n) is 7.48. The van der Waals surface area contributed by atoms with Crippen LogP contribution in [0.4, 0.5) is 0 Å². The van der Waals surface area contributed by atoms with E-state index in [0.29, 0.717) is 28.7 Å². The van der Waals surface area contributed by atoms with Crippen molar-refractivity contribution < 1.29 is 9.21 Å². The quantitative estimate of drug-likeness (QED) is 0.716. The molecule has 0 N–H and O–H groups in total. The predicted molar refractivity (Wildman–Crippen MR) is 86.5 cm³/mol. The van der Waals surface area contributed by atoms with Gasteiger partial charge in [-0.05, 0) is 26.0 Å². The summed E-state index contributed by atoms with van der Waals surface area (Å²) in [5, 5.41) is 8.41. The van der Waals surface area contributed by atoms with Crippen molar-refractivity contribution in [2.45, 2.75) is 56.0 Å². The molecule has 2 rings (SSSR count). The highest BCUT2D eigenvalue weighted by Gasteiger charge is 2.24. The van der Waals surface area contributed by atoms with Gasteiger partial charge in [0.1, 0.15) is 0 Å². The monoisotopic (exact) mass is 329 g/mol. The molecule has 0 unspecified atom stereocenters. The van der Waals surface area contributed by atoms with Gasteiger partial charge < -0.3 is 9.32 Å². The van der Waals surface area contributed by atoms with Crippen LogP contribution < -0.4 is 0 Å². The third-order valence-electron chi connectivity index (χ3n) is 3.71. The number of amides is 1. The molecule has 0 aliphatic heterocycles. The fourth-order valence-corrected chi connectivity index (χ4v) is 3.75. The second-order valence-electron chi connectivity index (χ2n) is 5.15. The molecule has 5 nitrogen and oxygen atoms in total. The van der Waals surface area contributed by atoms with Crippen molar-refractivity contribution >= 4 is 29.4 Å². The standard InChI is InChI=1S/C14H23N3O2S2/c1-3-17(11-7-5-4-6-8-11)13(18)10-21-14-16-15-12(19-14)9-20-2/h11H,3-10H2,1-2H3. The van der Waals surface area contributed by atoms with E-state index in [1.54, 1.807) is 11.8 Å². The molecule has 0 radical (unpaired) electrons. The normalized spacial score (nSPS) is 16.1. The lowest BCUT2D eigenvalue weighted by atomic mass is 9.94. The summed E-state index contributed by atoms with van der Waals surface area (Å²) in [7, 11) is 0. The lowest BCUT2D eigenvalue weighted by molar-refractivity contribution is -0.131. The number of thioether (sulfide) groups is 2. The van der Waals surface area contributed by atoms with E-state index < -0.39 is 0 Å². The van der Waals surface area contributed by atoms with Gasteiger partial charge in [-0.2, -0.15) is 11.8 Å². The lowest BCUT2D eigenvalue weighted by Crippen LogP contribution is -2.42. The molecule has 7 heteroatoms. The van der Waals surface area contributed by atoms with E-state index in [0.717, 1.165) is 19.4 Å². The Balaban J connectivity index is 1.83. The van der Waals surface area contributed by atoms with Gasteiger partial charge in [-0.15, -0.1) is 10.2 Å². The first-order chi connectivity index (χ1) is 10.2. The number of hydrogen-bond donors (Lipinski definition) is 0. The summed E-state index contributed by atoms with van der Waals surface area (Å²) < 4.78 is 5.48. The summed E-state index contributed by atoms with van der Waals surface area (Å²) in [5.74, 6) is 1.90. The number of carbonyl (C=O) groups excluding carboxylic acids is 1. The Morgan fingerprint density at radius 1 is 1.33 bits per heavy atom. The highest BCUT2D eigenvalue weighted by atomic mass is 32.2. The predicted octanol–water partition coefficient (Wildman–Crippen LogP) is 3.21. The molecule has 1 fully saturated rings. The third-order valence-corrected chi connectivity index (χ3v) is 5.05. The number of nitrogens with zero attached hydrogens (tertiary/aromatic N) is 3. The lowest BCUT2D eigenvalue weighted by Gasteiger charge is -2.33. The SMILES string of the molecule is CCN(C(=O)CSc1nnc(CSC)o1)C1CCCCC1. The van der Waals surface area contributed by atoms with Gasteiger partial charge in [0.15, 0.2) is 0 Å². The van der Waals surface area contributed by atoms with E-state index in [-0.39, 0.29) is 5.91 Å². The van der Waals surface area contributed by atoms with E-state index in [9.17, 15) is 4.79 Å². The summed E-state index contributed by atoms with van der Waals surface area (Å²) in [6.07, 6.45) is 8.05. The molecule has 1 aliphatic rings. The molecule has 21 heavy (non-hydrogen) atoms. The Labute approximate surface area is 134 Å². The summed E-state index contributed by atoms with van der Waals surface area (Å²) in [6, 6.07) is 0.423. The molecule has 1 aliphatic carbocycles. The molecule has 1 aromatic heterocycles. The summed E-state index contributed by atoms with van der Waals surface area (Å²) in [5.41, 5.74) is 0. The summed E-state index contributed by atoms with van der Waals surface area (Å²) in [4.78, 5) is 14.4. The maximum absolute atomic E-state index is 12.4. The van der Waals surface area contributed by atoms with Gasteiger partial charge in [0.05, 0.1) is 11.5 Å². The maximum Gasteiger partial charge on any atom is 0.277 e. The fraction of sp³-hybridized carbons (Fsp3) is 0.786. The molecule has 1 aromatic rings. The Kier molecular flexibility index (Phi) is 6.89. The van der Waals surface area contributed by atoms with Crippen molar-refractivity contribution in [1.29, 1.82) is 0 Å². The molecule has 0 saturated heterocycles. The molecular weight excluding hydrogens is 306 g/mol. The van der Waals surface area contributed by atoms with Crippen LogP contribution in [-0.2, 0) is 10.5 Å². The molecule has 1 heterocycles. The number of aromatic nitrogens is 2. The molecule has 118 valence electrons. The van der Waals surface area contributed by atoms with Crippen LogP contribution in [0.3, 0.4) is 0 Å². The fourth-order valence-electron chi connectivity index (χ4n) is 2.72. The molecule has 1 saturated carbocycles. The van der Waals surface area contributed by atoms with Crippen LogP contribution in [0.1, 0.15) is 44.9 Å². The topological polar surface area (TPSA) is 59.2 Å². The van der Waals surface area contributed by atoms with Gasteiger partial charge in [-0.1, -0.05) is 31.0 Å². The molecule has 0 bridgehead atoms. The van der Waals surface area contributed by atoms with Crippen molar-refractivity contribution in [3.05, 3.63) is 5.89 Å². The van der Waals surface area contributed by atoms with Gasteiger partial charge in [0, 0.05) is 12.6 Å². The zero-order valence-electron chi connectivity index (χ0n) is 12.7. The molecular formula is C14H23N3O2S2. The Hall–Kier alpha value is -0.690. The van der Waals surface area contributed by atoms with Crippen LogP contribution in [0.5, 0.6) is 0 Å². The summed E-state index contributed by atoms with van der Waals surface area (Å²) >= 11 is 2.98. The highest BCUT2D eigenvalue weighted by molar-refractivity contribution is 7.99. The van der Waals surface area contributed by atoms with Gasteiger partial charge >= 0.3 is 0 Å². The zero-order chi connectivity index (χ0) is 15.1. The molecule has 0 aromatic carbocycles. The average molecular weight is 329 g/mol. The average Bonchev–Trinajstić information content (AvgIpc) is 2.95. The van der Waals surface area contributed by atoms with E-state index in [1.807, 2.05) is 11.2 Å². The highest BCUT2D eigenvalue weighted by Crippen LogP contribution is 2.24. The molecule has 0 spiro atoms. The van der Waals surface area contributed by atoms with Gasteiger partial charge in [0.25, 0.3) is 5.22 Å². The van der Waals surface area contributed by atoms with Crippen molar-refractivity contribution in [1.82, 2.24) is 15.1 Å². The smallest absolute Gasteiger partial charge is 0.277 e. The zero-order valence-corrected chi connectivity index (χ0v) is 14.3. The minimum absolute atomic E-state index is 0.180. The Morgan fingerprint density at radius 3 is 2.76 bits per heavy atom. The maximum atomic E-state index is 12.4. The first-order valence-corrected chi connectivity index (χ1v) is 9.86. The van der Waals surface area contributed by atoms with Gasteiger partial charge in [-0.3, -0.25) is 4.79 Å². The van der Waals surface area contributed by atoms with E-state index in [4.69, 9.17) is 4.42 Å². The first kappa shape index (κ1) is 16.7. The van der Waals surface area contributed by atoms with Crippen LogP contribution in [0, 0.1) is 0 Å².